The number of alkyl carbamates (subject to hydrolysis) is 1. The Labute approximate surface area is 453 Å². The van der Waals surface area contributed by atoms with Crippen LogP contribution in [0.5, 0.6) is 0 Å². The van der Waals surface area contributed by atoms with Gasteiger partial charge in [-0.15, -0.1) is 0 Å². The molecular weight excluding hydrogens is 954 g/mol. The number of hydrogen-bond donors (Lipinski definition) is 3. The number of benzene rings is 5. The molecule has 407 valence electrons. The third-order valence-corrected chi connectivity index (χ3v) is 15.8. The van der Waals surface area contributed by atoms with Crippen LogP contribution in [-0.4, -0.2) is 107 Å². The molecule has 5 aromatic rings. The standard InChI is InChI=1S/C64H83BNO10/c1-60(2,3)75-59(69)66-33-12-11-30-63(8)54-40-47(23-26-50(54)51-29-25-49(43-55(51)63)65-76-62(6,7)61(4,5)70)48-24-28-53-52-27-22-46(45-20-18-44(19-21-45)16-13-17-58(67)68)41-56(52)64(57(53)42-48,31-14-34-73-38-36-71-9)32-15-35-74-39-37-72-10/h18-29,40-43,70H,11-17,30-39H2,1-10H3,(H,66,69)(H,67,68). The predicted octanol–water partition coefficient (Wildman–Crippen LogP) is 12.4. The normalized spacial score (nSPS) is 15.5. The van der Waals surface area contributed by atoms with Crippen molar-refractivity contribution in [2.45, 2.75) is 147 Å². The molecular formula is C64H83BNO10. The number of rotatable bonds is 29. The van der Waals surface area contributed by atoms with Crippen LogP contribution >= 0.6 is 0 Å². The molecule has 76 heavy (non-hydrogen) atoms. The van der Waals surface area contributed by atoms with E-state index < -0.39 is 28.9 Å². The van der Waals surface area contributed by atoms with Crippen LogP contribution in [0.4, 0.5) is 4.79 Å². The molecule has 11 nitrogen and oxygen atoms in total. The smallest absolute Gasteiger partial charge is 0.407 e. The molecule has 1 unspecified atom stereocenters. The largest absolute Gasteiger partial charge is 0.481 e. The number of carboxylic acids is 1. The van der Waals surface area contributed by atoms with Crippen molar-refractivity contribution in [1.29, 1.82) is 0 Å². The molecule has 3 N–H and O–H groups in total. The van der Waals surface area contributed by atoms with Gasteiger partial charge in [0.15, 0.2) is 0 Å². The number of ether oxygens (including phenoxy) is 5. The SMILES string of the molecule is COCCOCCCC1(CCCOCCOC)c2cc(-c3ccc(CCCC(=O)O)cc3)ccc2-c2ccc(-c3ccc4c(c3)C(C)(CCCCNC(=O)OC(C)(C)C)c3cc([B]OC(C)(C)C(C)(C)O)ccc3-4)cc21. The van der Waals surface area contributed by atoms with Gasteiger partial charge in [-0.2, -0.15) is 0 Å². The Kier molecular flexibility index (Phi) is 19.5. The maximum atomic E-state index is 12.6. The topological polar surface area (TPSA) is 142 Å². The van der Waals surface area contributed by atoms with E-state index in [-0.39, 0.29) is 17.3 Å². The number of carbonyl (C=O) groups is 2. The van der Waals surface area contributed by atoms with Crippen molar-refractivity contribution >= 4 is 25.0 Å². The zero-order chi connectivity index (χ0) is 54.7. The lowest BCUT2D eigenvalue weighted by atomic mass is 9.70. The van der Waals surface area contributed by atoms with Gasteiger partial charge in [-0.1, -0.05) is 97.7 Å². The number of fused-ring (bicyclic) bond motifs is 6. The maximum Gasteiger partial charge on any atom is 0.407 e. The first-order chi connectivity index (χ1) is 36.2. The number of unbranched alkanes of at least 4 members (excludes halogenated alkanes) is 1. The molecule has 0 aliphatic heterocycles. The summed E-state index contributed by atoms with van der Waals surface area (Å²) in [5.41, 5.74) is 13.5. The summed E-state index contributed by atoms with van der Waals surface area (Å²) >= 11 is 0. The second kappa shape index (κ2) is 25.4. The average Bonchev–Trinajstić information content (AvgIpc) is 3.84. The van der Waals surface area contributed by atoms with Crippen molar-refractivity contribution in [3.63, 3.8) is 0 Å². The number of aryl methyl sites for hydroxylation is 1. The number of hydrogen-bond acceptors (Lipinski definition) is 9. The van der Waals surface area contributed by atoms with Crippen LogP contribution in [0.15, 0.2) is 97.1 Å². The van der Waals surface area contributed by atoms with Gasteiger partial charge in [0.2, 0.25) is 0 Å². The number of amides is 1. The third-order valence-electron chi connectivity index (χ3n) is 15.8. The van der Waals surface area contributed by atoms with Crippen molar-refractivity contribution in [1.82, 2.24) is 5.32 Å². The molecule has 0 spiro atoms. The molecule has 5 aromatic carbocycles. The lowest BCUT2D eigenvalue weighted by Gasteiger charge is -2.37. The summed E-state index contributed by atoms with van der Waals surface area (Å²) in [5.74, 6) is -0.769. The van der Waals surface area contributed by atoms with E-state index in [2.05, 4.69) is 109 Å². The Balaban J connectivity index is 1.27. The van der Waals surface area contributed by atoms with Crippen LogP contribution in [0.3, 0.4) is 0 Å². The van der Waals surface area contributed by atoms with Crippen molar-refractivity contribution in [2.75, 3.05) is 60.4 Å². The first-order valence-electron chi connectivity index (χ1n) is 27.4. The van der Waals surface area contributed by atoms with E-state index in [4.69, 9.17) is 28.3 Å². The highest BCUT2D eigenvalue weighted by Gasteiger charge is 2.44. The maximum absolute atomic E-state index is 12.6. The fraction of sp³-hybridized carbons (Fsp3) is 0.500. The van der Waals surface area contributed by atoms with E-state index in [1.54, 1.807) is 35.5 Å². The van der Waals surface area contributed by atoms with E-state index in [0.29, 0.717) is 52.6 Å². The number of methoxy groups -OCH3 is 2. The predicted molar refractivity (Wildman–Crippen MR) is 305 cm³/mol. The fourth-order valence-corrected chi connectivity index (χ4v) is 10.9. The highest BCUT2D eigenvalue weighted by molar-refractivity contribution is 6.47. The van der Waals surface area contributed by atoms with Crippen LogP contribution in [0.1, 0.15) is 141 Å². The highest BCUT2D eigenvalue weighted by atomic mass is 16.6. The van der Waals surface area contributed by atoms with Crippen LogP contribution in [0, 0.1) is 0 Å². The Hall–Kier alpha value is -5.34. The Morgan fingerprint density at radius 1 is 0.579 bits per heavy atom. The first kappa shape index (κ1) is 58.3. The van der Waals surface area contributed by atoms with Crippen molar-refractivity contribution in [2.24, 2.45) is 0 Å². The second-order valence-corrected chi connectivity index (χ2v) is 23.1. The number of aliphatic hydroxyl groups is 1. The zero-order valence-corrected chi connectivity index (χ0v) is 47.0. The summed E-state index contributed by atoms with van der Waals surface area (Å²) in [4.78, 5) is 23.8. The van der Waals surface area contributed by atoms with Crippen LogP contribution in [-0.2, 0) is 50.4 Å². The van der Waals surface area contributed by atoms with Gasteiger partial charge in [0.05, 0.1) is 37.6 Å². The van der Waals surface area contributed by atoms with E-state index in [1.165, 1.54) is 44.5 Å². The number of nitrogens with one attached hydrogen (secondary N) is 1. The van der Waals surface area contributed by atoms with Crippen molar-refractivity contribution < 1.29 is 48.1 Å². The van der Waals surface area contributed by atoms with Crippen molar-refractivity contribution in [3.05, 3.63) is 125 Å². The summed E-state index contributed by atoms with van der Waals surface area (Å²) in [6, 6.07) is 36.2. The van der Waals surface area contributed by atoms with Gasteiger partial charge in [0.25, 0.3) is 0 Å². The van der Waals surface area contributed by atoms with Gasteiger partial charge >= 0.3 is 19.5 Å². The quantitative estimate of drug-likeness (QED) is 0.0313. The van der Waals surface area contributed by atoms with E-state index >= 15 is 0 Å². The molecule has 0 saturated heterocycles. The van der Waals surface area contributed by atoms with Gasteiger partial charge < -0.3 is 43.9 Å². The Bertz CT molecular complexity index is 2740. The summed E-state index contributed by atoms with van der Waals surface area (Å²) < 4.78 is 34.7. The van der Waals surface area contributed by atoms with Gasteiger partial charge in [-0.05, 0) is 190 Å². The number of carbonyl (C=O) groups excluding carboxylic acids is 1. The minimum Gasteiger partial charge on any atom is -0.481 e. The monoisotopic (exact) mass is 1040 g/mol. The Morgan fingerprint density at radius 3 is 1.61 bits per heavy atom. The molecule has 7 rings (SSSR count). The highest BCUT2D eigenvalue weighted by Crippen LogP contribution is 2.56. The van der Waals surface area contributed by atoms with Crippen LogP contribution in [0.2, 0.25) is 0 Å². The van der Waals surface area contributed by atoms with Crippen molar-refractivity contribution in [3.8, 4) is 44.5 Å². The molecule has 1 atom stereocenters. The van der Waals surface area contributed by atoms with Crippen LogP contribution < -0.4 is 10.8 Å². The minimum absolute atomic E-state index is 0.158. The lowest BCUT2D eigenvalue weighted by Crippen LogP contribution is -2.49. The fourth-order valence-electron chi connectivity index (χ4n) is 10.9. The molecule has 0 fully saturated rings. The summed E-state index contributed by atoms with van der Waals surface area (Å²) in [6.45, 7) is 19.2. The number of aliphatic carboxylic acids is 1. The lowest BCUT2D eigenvalue weighted by molar-refractivity contribution is -0.137. The van der Waals surface area contributed by atoms with E-state index in [0.717, 1.165) is 84.6 Å². The molecule has 2 aliphatic carbocycles. The number of carboxylic acid groups (broad SMARTS) is 1. The molecule has 0 saturated carbocycles. The van der Waals surface area contributed by atoms with Crippen LogP contribution in [0.25, 0.3) is 44.5 Å². The van der Waals surface area contributed by atoms with Gasteiger partial charge in [0.1, 0.15) is 5.60 Å². The van der Waals surface area contributed by atoms with Gasteiger partial charge in [-0.25, -0.2) is 4.79 Å². The molecule has 0 aromatic heterocycles. The summed E-state index contributed by atoms with van der Waals surface area (Å²) in [7, 11) is 5.17. The molecule has 2 aliphatic rings. The molecule has 0 heterocycles. The molecule has 1 radical (unpaired) electrons. The van der Waals surface area contributed by atoms with E-state index in [9.17, 15) is 19.8 Å². The van der Waals surface area contributed by atoms with E-state index in [1.807, 2.05) is 34.6 Å². The average molecular weight is 1040 g/mol. The molecule has 1 amide bonds. The molecule has 12 heteroatoms. The third kappa shape index (κ3) is 14.0. The zero-order valence-electron chi connectivity index (χ0n) is 47.0. The summed E-state index contributed by atoms with van der Waals surface area (Å²) in [5, 5.41) is 23.1. The molecule has 0 bridgehead atoms. The minimum atomic E-state index is -1.06. The van der Waals surface area contributed by atoms with Gasteiger partial charge in [-0.3, -0.25) is 4.79 Å². The first-order valence-corrected chi connectivity index (χ1v) is 27.4. The Morgan fingerprint density at radius 2 is 1.08 bits per heavy atom. The second-order valence-electron chi connectivity index (χ2n) is 23.1. The summed E-state index contributed by atoms with van der Waals surface area (Å²) in [6.07, 6.45) is 7.06. The van der Waals surface area contributed by atoms with Gasteiger partial charge in [0, 0.05) is 51.2 Å².